The summed E-state index contributed by atoms with van der Waals surface area (Å²) in [4.78, 5) is 1.12. The summed E-state index contributed by atoms with van der Waals surface area (Å²) >= 11 is 1.66. The van der Waals surface area contributed by atoms with Crippen LogP contribution in [0.15, 0.2) is 102 Å². The van der Waals surface area contributed by atoms with E-state index in [2.05, 4.69) is 48.5 Å². The molecule has 0 bridgehead atoms. The highest BCUT2D eigenvalue weighted by molar-refractivity contribution is 7.99. The molecule has 120 valence electrons. The summed E-state index contributed by atoms with van der Waals surface area (Å²) in [6, 6.07) is 28.8. The minimum Gasteiger partial charge on any atom is -0.291 e. The van der Waals surface area contributed by atoms with E-state index in [9.17, 15) is 5.21 Å². The zero-order chi connectivity index (χ0) is 16.8. The van der Waals surface area contributed by atoms with Crippen LogP contribution < -0.4 is 5.48 Å². The monoisotopic (exact) mass is 333 g/mol. The van der Waals surface area contributed by atoms with Gasteiger partial charge in [0.15, 0.2) is 0 Å². The summed E-state index contributed by atoms with van der Waals surface area (Å²) in [6.45, 7) is 3.93. The third kappa shape index (κ3) is 3.88. The maximum Gasteiger partial charge on any atom is 0.0758 e. The molecule has 1 unspecified atom stereocenters. The topological polar surface area (TPSA) is 32.3 Å². The highest BCUT2D eigenvalue weighted by Crippen LogP contribution is 2.39. The maximum absolute atomic E-state index is 9.27. The Morgan fingerprint density at radius 3 is 1.92 bits per heavy atom. The molecule has 2 nitrogen and oxygen atoms in total. The van der Waals surface area contributed by atoms with Crippen molar-refractivity contribution in [3.05, 3.63) is 103 Å². The van der Waals surface area contributed by atoms with Crippen molar-refractivity contribution in [2.45, 2.75) is 10.1 Å². The molecular formula is C21H19NOS. The first-order chi connectivity index (χ1) is 11.8. The first-order valence-electron chi connectivity index (χ1n) is 7.74. The molecule has 0 spiro atoms. The van der Waals surface area contributed by atoms with Gasteiger partial charge in [-0.2, -0.15) is 0 Å². The van der Waals surface area contributed by atoms with E-state index in [1.165, 1.54) is 11.1 Å². The van der Waals surface area contributed by atoms with E-state index in [0.29, 0.717) is 5.70 Å². The van der Waals surface area contributed by atoms with Crippen LogP contribution in [-0.4, -0.2) is 5.21 Å². The Bertz CT molecular complexity index is 785. The molecule has 0 fully saturated rings. The summed E-state index contributed by atoms with van der Waals surface area (Å²) in [6.07, 6.45) is 0. The van der Waals surface area contributed by atoms with Gasteiger partial charge in [0.25, 0.3) is 0 Å². The molecule has 3 aromatic carbocycles. The summed E-state index contributed by atoms with van der Waals surface area (Å²) in [5.41, 5.74) is 6.27. The first-order valence-corrected chi connectivity index (χ1v) is 8.62. The lowest BCUT2D eigenvalue weighted by Gasteiger charge is -2.19. The standard InChI is InChI=1S/C21H19NOS/c1-16(22-23)21(19-10-6-3-7-11-19)24-20-14-12-18(13-15-20)17-8-4-2-5-9-17/h2-15,21-23H,1H2. The maximum atomic E-state index is 9.27. The number of rotatable bonds is 6. The number of hydroxylamine groups is 1. The van der Waals surface area contributed by atoms with E-state index < -0.39 is 0 Å². The van der Waals surface area contributed by atoms with Crippen molar-refractivity contribution >= 4 is 11.8 Å². The third-order valence-corrected chi connectivity index (χ3v) is 5.11. The summed E-state index contributed by atoms with van der Waals surface area (Å²) in [7, 11) is 0. The predicted octanol–water partition coefficient (Wildman–Crippen LogP) is 5.68. The molecule has 0 saturated carbocycles. The van der Waals surface area contributed by atoms with Crippen LogP contribution >= 0.6 is 11.8 Å². The van der Waals surface area contributed by atoms with Gasteiger partial charge in [0.2, 0.25) is 0 Å². The van der Waals surface area contributed by atoms with Gasteiger partial charge in [0.05, 0.1) is 5.25 Å². The predicted molar refractivity (Wildman–Crippen MR) is 101 cm³/mol. The molecule has 2 N–H and O–H groups in total. The van der Waals surface area contributed by atoms with Gasteiger partial charge in [-0.15, -0.1) is 11.8 Å². The Kier molecular flexibility index (Phi) is 5.36. The molecule has 0 radical (unpaired) electrons. The molecular weight excluding hydrogens is 314 g/mol. The Morgan fingerprint density at radius 1 is 0.792 bits per heavy atom. The zero-order valence-corrected chi connectivity index (χ0v) is 14.0. The normalized spacial score (nSPS) is 11.7. The average Bonchev–Trinajstić information content (AvgIpc) is 2.67. The van der Waals surface area contributed by atoms with Gasteiger partial charge in [0, 0.05) is 10.6 Å². The lowest BCUT2D eigenvalue weighted by atomic mass is 10.1. The van der Waals surface area contributed by atoms with Crippen LogP contribution in [0.4, 0.5) is 0 Å². The zero-order valence-electron chi connectivity index (χ0n) is 13.2. The summed E-state index contributed by atoms with van der Waals surface area (Å²) in [5.74, 6) is 0. The molecule has 0 heterocycles. The molecule has 0 aliphatic rings. The van der Waals surface area contributed by atoms with Gasteiger partial charge >= 0.3 is 0 Å². The van der Waals surface area contributed by atoms with E-state index in [4.69, 9.17) is 0 Å². The fourth-order valence-corrected chi connectivity index (χ4v) is 3.57. The van der Waals surface area contributed by atoms with Gasteiger partial charge in [-0.1, -0.05) is 79.4 Å². The highest BCUT2D eigenvalue weighted by atomic mass is 32.2. The molecule has 3 heteroatoms. The number of hydrogen-bond donors (Lipinski definition) is 2. The summed E-state index contributed by atoms with van der Waals surface area (Å²) < 4.78 is 0. The Hall–Kier alpha value is -2.49. The number of benzene rings is 3. The highest BCUT2D eigenvalue weighted by Gasteiger charge is 2.16. The Morgan fingerprint density at radius 2 is 1.33 bits per heavy atom. The molecule has 3 rings (SSSR count). The Balaban J connectivity index is 1.82. The quantitative estimate of drug-likeness (QED) is 0.449. The van der Waals surface area contributed by atoms with Crippen molar-refractivity contribution in [3.8, 4) is 11.1 Å². The third-order valence-electron chi connectivity index (χ3n) is 3.78. The minimum atomic E-state index is -0.0567. The fourth-order valence-electron chi connectivity index (χ4n) is 2.52. The van der Waals surface area contributed by atoms with Gasteiger partial charge in [-0.25, -0.2) is 0 Å². The van der Waals surface area contributed by atoms with Crippen molar-refractivity contribution < 1.29 is 5.21 Å². The van der Waals surface area contributed by atoms with Gasteiger partial charge < -0.3 is 0 Å². The number of nitrogens with one attached hydrogen (secondary N) is 1. The minimum absolute atomic E-state index is 0.0567. The Labute approximate surface area is 146 Å². The molecule has 0 amide bonds. The van der Waals surface area contributed by atoms with Crippen molar-refractivity contribution in [1.29, 1.82) is 0 Å². The van der Waals surface area contributed by atoms with E-state index >= 15 is 0 Å². The second kappa shape index (κ2) is 7.86. The molecule has 0 aliphatic heterocycles. The van der Waals surface area contributed by atoms with Gasteiger partial charge in [0.1, 0.15) is 0 Å². The molecule has 3 aromatic rings. The lowest BCUT2D eigenvalue weighted by molar-refractivity contribution is 0.198. The van der Waals surface area contributed by atoms with Crippen molar-refractivity contribution in [1.82, 2.24) is 5.48 Å². The van der Waals surface area contributed by atoms with Gasteiger partial charge in [-0.3, -0.25) is 10.7 Å². The second-order valence-corrected chi connectivity index (χ2v) is 6.61. The largest absolute Gasteiger partial charge is 0.291 e. The first kappa shape index (κ1) is 16.4. The molecule has 0 aliphatic carbocycles. The van der Waals surface area contributed by atoms with Crippen LogP contribution in [-0.2, 0) is 0 Å². The molecule has 0 aromatic heterocycles. The lowest BCUT2D eigenvalue weighted by Crippen LogP contribution is -2.12. The van der Waals surface area contributed by atoms with Crippen LogP contribution in [0.25, 0.3) is 11.1 Å². The van der Waals surface area contributed by atoms with Crippen LogP contribution in [0.5, 0.6) is 0 Å². The number of hydrogen-bond acceptors (Lipinski definition) is 3. The van der Waals surface area contributed by atoms with E-state index in [1.54, 1.807) is 11.8 Å². The van der Waals surface area contributed by atoms with Crippen LogP contribution in [0, 0.1) is 0 Å². The SMILES string of the molecule is C=C(NO)C(Sc1ccc(-c2ccccc2)cc1)c1ccccc1. The average molecular weight is 333 g/mol. The molecule has 1 atom stereocenters. The number of thioether (sulfide) groups is 1. The molecule has 24 heavy (non-hydrogen) atoms. The van der Waals surface area contributed by atoms with Crippen molar-refractivity contribution in [3.63, 3.8) is 0 Å². The smallest absolute Gasteiger partial charge is 0.0758 e. The fraction of sp³-hybridized carbons (Fsp3) is 0.0476. The van der Waals surface area contributed by atoms with Crippen molar-refractivity contribution in [2.75, 3.05) is 0 Å². The molecule has 0 saturated heterocycles. The van der Waals surface area contributed by atoms with Crippen LogP contribution in [0.3, 0.4) is 0 Å². The van der Waals surface area contributed by atoms with Crippen LogP contribution in [0.1, 0.15) is 10.8 Å². The van der Waals surface area contributed by atoms with E-state index in [-0.39, 0.29) is 5.25 Å². The van der Waals surface area contributed by atoms with Gasteiger partial charge in [-0.05, 0) is 28.8 Å². The summed E-state index contributed by atoms with van der Waals surface area (Å²) in [5, 5.41) is 9.22. The van der Waals surface area contributed by atoms with E-state index in [0.717, 1.165) is 10.5 Å². The van der Waals surface area contributed by atoms with Crippen LogP contribution in [0.2, 0.25) is 0 Å². The second-order valence-electron chi connectivity index (χ2n) is 5.44. The van der Waals surface area contributed by atoms with E-state index in [1.807, 2.05) is 48.5 Å². The van der Waals surface area contributed by atoms with Crippen molar-refractivity contribution in [2.24, 2.45) is 0 Å².